The van der Waals surface area contributed by atoms with Gasteiger partial charge in [-0.25, -0.2) is 4.68 Å². The van der Waals surface area contributed by atoms with Gasteiger partial charge in [0.05, 0.1) is 11.4 Å². The fraction of sp³-hybridized carbons (Fsp3) is 0.400. The molecule has 0 spiro atoms. The monoisotopic (exact) mass is 277 g/mol. The molecule has 0 bridgehead atoms. The highest BCUT2D eigenvalue weighted by Crippen LogP contribution is 2.24. The van der Waals surface area contributed by atoms with Crippen molar-refractivity contribution in [3.05, 3.63) is 41.6 Å². The largest absolute Gasteiger partial charge is 0.282 e. The van der Waals surface area contributed by atoms with Gasteiger partial charge in [-0.3, -0.25) is 4.84 Å². The molecule has 0 radical (unpaired) electrons. The summed E-state index contributed by atoms with van der Waals surface area (Å²) in [4.78, 5) is 2.69. The van der Waals surface area contributed by atoms with Gasteiger partial charge in [0.1, 0.15) is 5.82 Å². The molecule has 3 nitrogen and oxygen atoms in total. The second-order valence-electron chi connectivity index (χ2n) is 6.10. The molecule has 2 aromatic rings. The lowest BCUT2D eigenvalue weighted by atomic mass is 9.91. The lowest BCUT2D eigenvalue weighted by molar-refractivity contribution is 0.405. The first-order chi connectivity index (χ1) is 8.89. The Morgan fingerprint density at radius 2 is 1.84 bits per heavy atom. The number of halogens is 1. The molecule has 19 heavy (non-hydrogen) atoms. The number of anilines is 1. The number of hydrogen-bond donors (Lipinski definition) is 1. The minimum absolute atomic E-state index is 0.204. The van der Waals surface area contributed by atoms with Gasteiger partial charge in [0.15, 0.2) is 0 Å². The van der Waals surface area contributed by atoms with Crippen molar-refractivity contribution in [1.82, 2.24) is 9.78 Å². The average Bonchev–Trinajstić information content (AvgIpc) is 2.70. The summed E-state index contributed by atoms with van der Waals surface area (Å²) in [5.74, 6) is 0.796. The zero-order chi connectivity index (χ0) is 14.0. The van der Waals surface area contributed by atoms with Crippen molar-refractivity contribution in [1.29, 1.82) is 0 Å². The molecule has 2 rings (SSSR count). The Morgan fingerprint density at radius 3 is 2.37 bits per heavy atom. The van der Waals surface area contributed by atoms with Gasteiger partial charge in [-0.05, 0) is 30.9 Å². The van der Waals surface area contributed by atoms with Crippen molar-refractivity contribution in [2.45, 2.75) is 34.1 Å². The number of nitrogens with zero attached hydrogens (tertiary/aromatic N) is 2. The molecule has 0 fully saturated rings. The van der Waals surface area contributed by atoms with Crippen LogP contribution in [-0.2, 0) is 6.42 Å². The van der Waals surface area contributed by atoms with Crippen molar-refractivity contribution in [3.63, 3.8) is 0 Å². The minimum atomic E-state index is 0.204. The van der Waals surface area contributed by atoms with E-state index >= 15 is 0 Å². The summed E-state index contributed by atoms with van der Waals surface area (Å²) >= 11 is 5.79. The Morgan fingerprint density at radius 1 is 1.21 bits per heavy atom. The third-order valence-corrected chi connectivity index (χ3v) is 3.04. The fourth-order valence-corrected chi connectivity index (χ4v) is 2.14. The molecule has 0 atom stereocenters. The predicted molar refractivity (Wildman–Crippen MR) is 80.9 cm³/mol. The van der Waals surface area contributed by atoms with Gasteiger partial charge in [0, 0.05) is 17.8 Å². The van der Waals surface area contributed by atoms with Crippen molar-refractivity contribution >= 4 is 17.6 Å². The molecule has 4 heteroatoms. The highest BCUT2D eigenvalue weighted by Gasteiger charge is 2.16. The van der Waals surface area contributed by atoms with Gasteiger partial charge in [0.25, 0.3) is 0 Å². The maximum absolute atomic E-state index is 5.79. The van der Waals surface area contributed by atoms with Crippen LogP contribution in [0.15, 0.2) is 30.3 Å². The molecule has 1 heterocycles. The second kappa shape index (κ2) is 5.25. The summed E-state index contributed by atoms with van der Waals surface area (Å²) < 4.78 is 1.84. The zero-order valence-electron chi connectivity index (χ0n) is 11.9. The maximum atomic E-state index is 5.79. The van der Waals surface area contributed by atoms with Crippen LogP contribution in [0.2, 0.25) is 0 Å². The topological polar surface area (TPSA) is 29.9 Å². The van der Waals surface area contributed by atoms with E-state index in [0.717, 1.165) is 23.6 Å². The number of aromatic nitrogens is 2. The molecular formula is C15H20ClN3. The molecule has 0 amide bonds. The molecule has 1 aromatic heterocycles. The molecular weight excluding hydrogens is 258 g/mol. The zero-order valence-corrected chi connectivity index (χ0v) is 12.6. The van der Waals surface area contributed by atoms with Crippen LogP contribution in [0.1, 0.15) is 32.0 Å². The highest BCUT2D eigenvalue weighted by atomic mass is 35.5. The van der Waals surface area contributed by atoms with E-state index in [-0.39, 0.29) is 5.41 Å². The third kappa shape index (κ3) is 3.51. The lowest BCUT2D eigenvalue weighted by Crippen LogP contribution is -2.10. The minimum Gasteiger partial charge on any atom is -0.282 e. The van der Waals surface area contributed by atoms with Gasteiger partial charge in [-0.15, -0.1) is 0 Å². The molecule has 0 saturated carbocycles. The molecule has 0 unspecified atom stereocenters. The van der Waals surface area contributed by atoms with Crippen molar-refractivity contribution in [3.8, 4) is 5.69 Å². The molecule has 0 aliphatic heterocycles. The SMILES string of the molecule is Cc1ccc(-n2nc(CC(C)(C)C)cc2NCl)cc1. The van der Waals surface area contributed by atoms with E-state index in [1.165, 1.54) is 5.56 Å². The molecule has 1 N–H and O–H groups in total. The van der Waals surface area contributed by atoms with E-state index in [0.29, 0.717) is 0 Å². The Balaban J connectivity index is 2.37. The van der Waals surface area contributed by atoms with Crippen LogP contribution >= 0.6 is 11.8 Å². The molecule has 102 valence electrons. The first-order valence-electron chi connectivity index (χ1n) is 6.42. The van der Waals surface area contributed by atoms with Gasteiger partial charge < -0.3 is 0 Å². The van der Waals surface area contributed by atoms with Crippen LogP contribution in [-0.4, -0.2) is 9.78 Å². The van der Waals surface area contributed by atoms with Crippen LogP contribution in [0.5, 0.6) is 0 Å². The van der Waals surface area contributed by atoms with Crippen molar-refractivity contribution in [2.24, 2.45) is 5.41 Å². The van der Waals surface area contributed by atoms with E-state index in [1.807, 2.05) is 22.9 Å². The third-order valence-electron chi connectivity index (χ3n) is 2.85. The molecule has 0 saturated heterocycles. The van der Waals surface area contributed by atoms with Gasteiger partial charge in [-0.2, -0.15) is 5.10 Å². The highest BCUT2D eigenvalue weighted by molar-refractivity contribution is 6.23. The van der Waals surface area contributed by atoms with Crippen LogP contribution in [0, 0.1) is 12.3 Å². The van der Waals surface area contributed by atoms with Gasteiger partial charge in [0.2, 0.25) is 0 Å². The Labute approximate surface area is 119 Å². The van der Waals surface area contributed by atoms with Gasteiger partial charge in [-0.1, -0.05) is 38.5 Å². The summed E-state index contributed by atoms with van der Waals surface area (Å²) in [5, 5.41) is 4.64. The summed E-state index contributed by atoms with van der Waals surface area (Å²) in [6.07, 6.45) is 0.914. The summed E-state index contributed by atoms with van der Waals surface area (Å²) in [7, 11) is 0. The first-order valence-corrected chi connectivity index (χ1v) is 6.79. The number of hydrogen-bond acceptors (Lipinski definition) is 2. The van der Waals surface area contributed by atoms with Gasteiger partial charge >= 0.3 is 0 Å². The molecule has 0 aliphatic rings. The van der Waals surface area contributed by atoms with E-state index in [4.69, 9.17) is 11.8 Å². The Bertz CT molecular complexity index is 550. The van der Waals surface area contributed by atoms with E-state index in [1.54, 1.807) is 0 Å². The number of nitrogens with one attached hydrogen (secondary N) is 1. The number of benzene rings is 1. The lowest BCUT2D eigenvalue weighted by Gasteiger charge is -2.15. The summed E-state index contributed by atoms with van der Waals surface area (Å²) in [6.45, 7) is 8.67. The Kier molecular flexibility index (Phi) is 3.85. The standard InChI is InChI=1S/C15H20ClN3/c1-11-5-7-13(8-6-11)19-14(17-16)9-12(18-19)10-15(2,3)4/h5-9,17H,10H2,1-4H3. The van der Waals surface area contributed by atoms with Crippen LogP contribution in [0.3, 0.4) is 0 Å². The number of rotatable bonds is 3. The van der Waals surface area contributed by atoms with Crippen molar-refractivity contribution in [2.75, 3.05) is 4.84 Å². The average molecular weight is 278 g/mol. The fourth-order valence-electron chi connectivity index (χ4n) is 2.01. The molecule has 1 aromatic carbocycles. The predicted octanol–water partition coefficient (Wildman–Crippen LogP) is 4.34. The van der Waals surface area contributed by atoms with E-state index in [2.05, 4.69) is 49.8 Å². The van der Waals surface area contributed by atoms with Crippen LogP contribution in [0.25, 0.3) is 5.69 Å². The smallest absolute Gasteiger partial charge is 0.144 e. The quantitative estimate of drug-likeness (QED) is 0.846. The molecule has 0 aliphatic carbocycles. The second-order valence-corrected chi connectivity index (χ2v) is 6.29. The van der Waals surface area contributed by atoms with Crippen LogP contribution in [0.4, 0.5) is 5.82 Å². The summed E-state index contributed by atoms with van der Waals surface area (Å²) in [6, 6.07) is 10.2. The maximum Gasteiger partial charge on any atom is 0.144 e. The van der Waals surface area contributed by atoms with Crippen LogP contribution < -0.4 is 4.84 Å². The Hall–Kier alpha value is -1.48. The summed E-state index contributed by atoms with van der Waals surface area (Å²) in [5.41, 5.74) is 3.48. The normalized spacial score (nSPS) is 11.6. The first kappa shape index (κ1) is 13.9. The van der Waals surface area contributed by atoms with E-state index < -0.39 is 0 Å². The van der Waals surface area contributed by atoms with Crippen molar-refractivity contribution < 1.29 is 0 Å². The van der Waals surface area contributed by atoms with E-state index in [9.17, 15) is 0 Å². The number of aryl methyl sites for hydroxylation is 1.